The van der Waals surface area contributed by atoms with Crippen LogP contribution in [0.2, 0.25) is 10.4 Å². The molecule has 8 heteroatoms. The van der Waals surface area contributed by atoms with Gasteiger partial charge in [-0.2, -0.15) is 9.97 Å². The van der Waals surface area contributed by atoms with Crippen molar-refractivity contribution >= 4 is 40.2 Å². The molecule has 0 bridgehead atoms. The van der Waals surface area contributed by atoms with Crippen LogP contribution in [0.3, 0.4) is 0 Å². The van der Waals surface area contributed by atoms with Crippen molar-refractivity contribution in [3.63, 3.8) is 0 Å². The topological polar surface area (TPSA) is 75.0 Å². The molecule has 0 aliphatic carbocycles. The number of aromatic nitrogens is 4. The van der Waals surface area contributed by atoms with E-state index in [0.717, 1.165) is 0 Å². The van der Waals surface area contributed by atoms with E-state index >= 15 is 0 Å². The van der Waals surface area contributed by atoms with Crippen molar-refractivity contribution in [1.29, 1.82) is 0 Å². The number of likely N-dealkylation sites (N-methyl/N-ethyl adjacent to an activating group) is 1. The highest BCUT2D eigenvalue weighted by atomic mass is 35.5. The smallest absolute Gasteiger partial charge is 0.226 e. The Morgan fingerprint density at radius 1 is 1.29 bits per heavy atom. The predicted molar refractivity (Wildman–Crippen MR) is 65.5 cm³/mol. The van der Waals surface area contributed by atoms with Gasteiger partial charge in [0, 0.05) is 13.6 Å². The Morgan fingerprint density at radius 3 is 2.76 bits per heavy atom. The molecule has 0 saturated heterocycles. The van der Waals surface area contributed by atoms with Gasteiger partial charge >= 0.3 is 0 Å². The molecule has 0 saturated carbocycles. The molecule has 0 aliphatic rings. The van der Waals surface area contributed by atoms with Crippen LogP contribution in [-0.4, -0.2) is 45.2 Å². The van der Waals surface area contributed by atoms with Gasteiger partial charge in [-0.1, -0.05) is 11.6 Å². The normalized spacial score (nSPS) is 10.8. The van der Waals surface area contributed by atoms with E-state index < -0.39 is 0 Å². The number of aliphatic hydroxyl groups is 1. The Hall–Kier alpha value is -1.24. The number of hydrogen-bond acceptors (Lipinski definition) is 6. The molecule has 0 fully saturated rings. The van der Waals surface area contributed by atoms with Crippen LogP contribution in [0.4, 0.5) is 5.82 Å². The van der Waals surface area contributed by atoms with E-state index in [1.807, 2.05) is 0 Å². The molecule has 0 aromatic carbocycles. The van der Waals surface area contributed by atoms with Crippen molar-refractivity contribution in [2.45, 2.75) is 0 Å². The zero-order valence-electron chi connectivity index (χ0n) is 8.93. The third-order valence-electron chi connectivity index (χ3n) is 2.13. The number of anilines is 1. The van der Waals surface area contributed by atoms with E-state index in [0.29, 0.717) is 23.5 Å². The van der Waals surface area contributed by atoms with E-state index in [1.54, 1.807) is 11.9 Å². The first kappa shape index (κ1) is 12.2. The van der Waals surface area contributed by atoms with Crippen molar-refractivity contribution < 1.29 is 5.11 Å². The summed E-state index contributed by atoms with van der Waals surface area (Å²) >= 11 is 11.5. The second-order valence-corrected chi connectivity index (χ2v) is 4.05. The van der Waals surface area contributed by atoms with Gasteiger partial charge in [-0.3, -0.25) is 0 Å². The number of hydrogen-bond donors (Lipinski definition) is 1. The first-order valence-electron chi connectivity index (χ1n) is 4.79. The van der Waals surface area contributed by atoms with E-state index in [9.17, 15) is 0 Å². The van der Waals surface area contributed by atoms with Crippen LogP contribution in [0, 0.1) is 0 Å². The molecule has 0 spiro atoms. The summed E-state index contributed by atoms with van der Waals surface area (Å²) < 4.78 is 0. The molecule has 2 rings (SSSR count). The van der Waals surface area contributed by atoms with Crippen LogP contribution >= 0.6 is 23.2 Å². The lowest BCUT2D eigenvalue weighted by molar-refractivity contribution is 0.304. The highest BCUT2D eigenvalue weighted by Gasteiger charge is 2.13. The summed E-state index contributed by atoms with van der Waals surface area (Å²) in [4.78, 5) is 17.9. The minimum atomic E-state index is 0.000629. The zero-order valence-corrected chi connectivity index (χ0v) is 10.4. The summed E-state index contributed by atoms with van der Waals surface area (Å²) in [6.45, 7) is 0.410. The Bertz CT molecular complexity index is 545. The fourth-order valence-electron chi connectivity index (χ4n) is 1.37. The Kier molecular flexibility index (Phi) is 3.56. The van der Waals surface area contributed by atoms with E-state index in [2.05, 4.69) is 19.9 Å². The van der Waals surface area contributed by atoms with Gasteiger partial charge in [-0.05, 0) is 11.6 Å². The second kappa shape index (κ2) is 4.95. The molecule has 0 unspecified atom stereocenters. The van der Waals surface area contributed by atoms with Crippen LogP contribution in [0.5, 0.6) is 0 Å². The molecule has 17 heavy (non-hydrogen) atoms. The lowest BCUT2D eigenvalue weighted by atomic mass is 10.4. The standard InChI is InChI=1S/C9H9Cl2N5O/c1-16(2-3-17)8-6-7(14-9(11)15-8)13-5(10)4-12-6/h4,17H,2-3H2,1H3. The molecule has 2 aromatic heterocycles. The van der Waals surface area contributed by atoms with Gasteiger partial charge in [-0.25, -0.2) is 9.97 Å². The van der Waals surface area contributed by atoms with Gasteiger partial charge in [0.05, 0.1) is 12.8 Å². The monoisotopic (exact) mass is 273 g/mol. The van der Waals surface area contributed by atoms with Crippen LogP contribution < -0.4 is 4.90 Å². The largest absolute Gasteiger partial charge is 0.395 e. The van der Waals surface area contributed by atoms with Crippen molar-refractivity contribution in [3.05, 3.63) is 16.6 Å². The zero-order chi connectivity index (χ0) is 12.4. The highest BCUT2D eigenvalue weighted by Crippen LogP contribution is 2.22. The van der Waals surface area contributed by atoms with Crippen LogP contribution in [0.15, 0.2) is 6.20 Å². The Labute approximate surface area is 107 Å². The lowest BCUT2D eigenvalue weighted by Crippen LogP contribution is -2.23. The second-order valence-electron chi connectivity index (χ2n) is 3.33. The minimum absolute atomic E-state index is 0.000629. The summed E-state index contributed by atoms with van der Waals surface area (Å²) in [5.74, 6) is 0.512. The SMILES string of the molecule is CN(CCO)c1nc(Cl)nc2nc(Cl)cnc12. The van der Waals surface area contributed by atoms with E-state index in [1.165, 1.54) is 6.20 Å². The predicted octanol–water partition coefficient (Wildman–Crippen LogP) is 1.16. The molecular formula is C9H9Cl2N5O. The molecule has 0 amide bonds. The average Bonchev–Trinajstić information content (AvgIpc) is 2.27. The molecule has 2 aromatic rings. The molecule has 2 heterocycles. The fraction of sp³-hybridized carbons (Fsp3) is 0.333. The number of aliphatic hydroxyl groups excluding tert-OH is 1. The molecule has 1 N–H and O–H groups in total. The average molecular weight is 274 g/mol. The van der Waals surface area contributed by atoms with Crippen molar-refractivity contribution in [2.75, 3.05) is 25.1 Å². The lowest BCUT2D eigenvalue weighted by Gasteiger charge is -2.17. The first-order chi connectivity index (χ1) is 8.11. The molecule has 6 nitrogen and oxygen atoms in total. The Balaban J connectivity index is 2.61. The first-order valence-corrected chi connectivity index (χ1v) is 5.55. The van der Waals surface area contributed by atoms with Crippen LogP contribution in [-0.2, 0) is 0 Å². The fourth-order valence-corrected chi connectivity index (χ4v) is 1.66. The van der Waals surface area contributed by atoms with Crippen molar-refractivity contribution in [1.82, 2.24) is 19.9 Å². The van der Waals surface area contributed by atoms with Gasteiger partial charge in [0.2, 0.25) is 5.28 Å². The molecule has 0 aliphatic heterocycles. The maximum absolute atomic E-state index is 8.91. The Morgan fingerprint density at radius 2 is 2.06 bits per heavy atom. The van der Waals surface area contributed by atoms with Crippen molar-refractivity contribution in [3.8, 4) is 0 Å². The van der Waals surface area contributed by atoms with E-state index in [-0.39, 0.29) is 17.0 Å². The van der Waals surface area contributed by atoms with Crippen molar-refractivity contribution in [2.24, 2.45) is 0 Å². The minimum Gasteiger partial charge on any atom is -0.395 e. The number of nitrogens with zero attached hydrogens (tertiary/aromatic N) is 5. The maximum atomic E-state index is 8.91. The maximum Gasteiger partial charge on any atom is 0.226 e. The number of fused-ring (bicyclic) bond motifs is 1. The molecule has 90 valence electrons. The number of rotatable bonds is 3. The quantitative estimate of drug-likeness (QED) is 0.846. The number of halogens is 2. The van der Waals surface area contributed by atoms with Gasteiger partial charge in [-0.15, -0.1) is 0 Å². The molecule has 0 radical (unpaired) electrons. The summed E-state index contributed by atoms with van der Waals surface area (Å²) in [6.07, 6.45) is 1.41. The summed E-state index contributed by atoms with van der Waals surface area (Å²) in [7, 11) is 1.77. The molecular weight excluding hydrogens is 265 g/mol. The van der Waals surface area contributed by atoms with Crippen LogP contribution in [0.1, 0.15) is 0 Å². The third kappa shape index (κ3) is 2.54. The van der Waals surface area contributed by atoms with Gasteiger partial charge < -0.3 is 10.0 Å². The molecule has 0 atom stereocenters. The summed E-state index contributed by atoms with van der Waals surface area (Å²) in [5, 5.41) is 9.21. The van der Waals surface area contributed by atoms with Gasteiger partial charge in [0.15, 0.2) is 17.0 Å². The van der Waals surface area contributed by atoms with Crippen LogP contribution in [0.25, 0.3) is 11.2 Å². The highest BCUT2D eigenvalue weighted by molar-refractivity contribution is 6.30. The third-order valence-corrected chi connectivity index (χ3v) is 2.48. The van der Waals surface area contributed by atoms with Gasteiger partial charge in [0.25, 0.3) is 0 Å². The summed E-state index contributed by atoms with van der Waals surface area (Å²) in [6, 6.07) is 0. The van der Waals surface area contributed by atoms with E-state index in [4.69, 9.17) is 28.3 Å². The summed E-state index contributed by atoms with van der Waals surface area (Å²) in [5.41, 5.74) is 0.826. The van der Waals surface area contributed by atoms with Gasteiger partial charge in [0.1, 0.15) is 5.15 Å².